The van der Waals surface area contributed by atoms with Crippen LogP contribution in [-0.4, -0.2) is 62.7 Å². The van der Waals surface area contributed by atoms with E-state index in [9.17, 15) is 4.79 Å². The number of pyridine rings is 1. The van der Waals surface area contributed by atoms with Gasteiger partial charge in [0.15, 0.2) is 5.65 Å². The van der Waals surface area contributed by atoms with Crippen molar-refractivity contribution in [3.63, 3.8) is 0 Å². The van der Waals surface area contributed by atoms with Gasteiger partial charge < -0.3 is 20.9 Å². The predicted octanol–water partition coefficient (Wildman–Crippen LogP) is 2.89. The first kappa shape index (κ1) is 19.3. The Morgan fingerprint density at radius 1 is 1.25 bits per heavy atom. The summed E-state index contributed by atoms with van der Waals surface area (Å²) in [7, 11) is 1.84. The fourth-order valence-corrected chi connectivity index (χ4v) is 5.22. The van der Waals surface area contributed by atoms with Gasteiger partial charge in [-0.05, 0) is 34.5 Å². The molecule has 3 N–H and O–H groups in total. The van der Waals surface area contributed by atoms with E-state index in [1.165, 1.54) is 0 Å². The summed E-state index contributed by atoms with van der Waals surface area (Å²) in [6, 6.07) is 10.3. The highest BCUT2D eigenvalue weighted by molar-refractivity contribution is 9.10. The summed E-state index contributed by atoms with van der Waals surface area (Å²) in [6.45, 7) is 1.46. The van der Waals surface area contributed by atoms with Gasteiger partial charge in [-0.25, -0.2) is 9.78 Å². The zero-order valence-corrected chi connectivity index (χ0v) is 19.0. The van der Waals surface area contributed by atoms with E-state index >= 15 is 0 Å². The van der Waals surface area contributed by atoms with Gasteiger partial charge in [0.2, 0.25) is 0 Å². The second kappa shape index (κ2) is 7.06. The van der Waals surface area contributed by atoms with E-state index < -0.39 is 0 Å². The number of nitrogens with two attached hydrogens (primary N) is 1. The molecule has 0 radical (unpaired) electrons. The van der Waals surface area contributed by atoms with Crippen molar-refractivity contribution in [3.8, 4) is 11.1 Å². The highest BCUT2D eigenvalue weighted by Crippen LogP contribution is 2.36. The van der Waals surface area contributed by atoms with Crippen LogP contribution in [0.2, 0.25) is 0 Å². The van der Waals surface area contributed by atoms with Crippen LogP contribution in [-0.2, 0) is 0 Å². The highest BCUT2D eigenvalue weighted by atomic mass is 79.9. The molecule has 9 nitrogen and oxygen atoms in total. The van der Waals surface area contributed by atoms with Crippen molar-refractivity contribution in [1.82, 2.24) is 29.8 Å². The number of hydrogen-bond acceptors (Lipinski definition) is 6. The number of carbonyl (C=O) groups is 1. The van der Waals surface area contributed by atoms with Gasteiger partial charge in [0.25, 0.3) is 0 Å². The van der Waals surface area contributed by atoms with Crippen LogP contribution >= 0.6 is 15.9 Å². The topological polar surface area (TPSA) is 105 Å². The molecule has 2 unspecified atom stereocenters. The number of aromatic nitrogens is 4. The van der Waals surface area contributed by atoms with Crippen LogP contribution in [0.25, 0.3) is 27.7 Å². The standard InChI is InChI=1S/C22H21BrN8O/c1-29-17-11-30(7-6-16(17)27-22(29)32)21-18(23)19(24)31-20(28-21)14(10-26-31)13-8-12-4-2-3-5-15(12)25-9-13/h2-5,8-10,16-17H,6-7,11,24H2,1H3,(H,27,32). The van der Waals surface area contributed by atoms with Crippen molar-refractivity contribution in [2.24, 2.45) is 0 Å². The average Bonchev–Trinajstić information content (AvgIpc) is 3.36. The number of urea groups is 1. The van der Waals surface area contributed by atoms with Gasteiger partial charge in [-0.1, -0.05) is 18.2 Å². The van der Waals surface area contributed by atoms with Gasteiger partial charge in [0.1, 0.15) is 16.1 Å². The zero-order valence-electron chi connectivity index (χ0n) is 17.4. The Bertz CT molecular complexity index is 1390. The largest absolute Gasteiger partial charge is 0.383 e. The van der Waals surface area contributed by atoms with Crippen LogP contribution in [0, 0.1) is 0 Å². The van der Waals surface area contributed by atoms with E-state index in [0.29, 0.717) is 22.5 Å². The molecule has 32 heavy (non-hydrogen) atoms. The SMILES string of the molecule is CN1C(=O)NC2CCN(c3nc4c(-c5cnc6ccccc6c5)cnn4c(N)c3Br)CC21. The number of carbonyl (C=O) groups excluding carboxylic acids is 1. The molecule has 0 aliphatic carbocycles. The lowest BCUT2D eigenvalue weighted by atomic mass is 10.0. The Morgan fingerprint density at radius 3 is 2.97 bits per heavy atom. The van der Waals surface area contributed by atoms with Gasteiger partial charge in [0, 0.05) is 42.8 Å². The van der Waals surface area contributed by atoms with Crippen LogP contribution in [0.1, 0.15) is 6.42 Å². The first-order valence-corrected chi connectivity index (χ1v) is 11.3. The molecular formula is C22H21BrN8O. The molecule has 0 saturated carbocycles. The number of nitrogens with one attached hydrogen (secondary N) is 1. The summed E-state index contributed by atoms with van der Waals surface area (Å²) in [4.78, 5) is 25.6. The summed E-state index contributed by atoms with van der Waals surface area (Å²) >= 11 is 3.64. The van der Waals surface area contributed by atoms with Gasteiger partial charge in [-0.2, -0.15) is 9.61 Å². The second-order valence-electron chi connectivity index (χ2n) is 8.31. The Balaban J connectivity index is 1.44. The van der Waals surface area contributed by atoms with Crippen molar-refractivity contribution < 1.29 is 4.79 Å². The van der Waals surface area contributed by atoms with Crippen LogP contribution in [0.15, 0.2) is 47.2 Å². The summed E-state index contributed by atoms with van der Waals surface area (Å²) in [6.07, 6.45) is 4.47. The highest BCUT2D eigenvalue weighted by Gasteiger charge is 2.41. The number of halogens is 1. The van der Waals surface area contributed by atoms with Gasteiger partial charge in [-0.15, -0.1) is 0 Å². The maximum atomic E-state index is 12.1. The minimum Gasteiger partial charge on any atom is -0.383 e. The lowest BCUT2D eigenvalue weighted by Gasteiger charge is -2.37. The third kappa shape index (κ3) is 2.82. The zero-order chi connectivity index (χ0) is 22.0. The number of rotatable bonds is 2. The molecular weight excluding hydrogens is 472 g/mol. The molecule has 0 bridgehead atoms. The Morgan fingerprint density at radius 2 is 2.09 bits per heavy atom. The van der Waals surface area contributed by atoms with Gasteiger partial charge >= 0.3 is 6.03 Å². The van der Waals surface area contributed by atoms with Crippen LogP contribution in [0.4, 0.5) is 16.4 Å². The minimum atomic E-state index is -0.0225. The number of amides is 2. The van der Waals surface area contributed by atoms with Crippen molar-refractivity contribution in [2.45, 2.75) is 18.5 Å². The van der Waals surface area contributed by atoms with Crippen molar-refractivity contribution >= 4 is 50.1 Å². The van der Waals surface area contributed by atoms with Gasteiger partial charge in [-0.3, -0.25) is 4.98 Å². The summed E-state index contributed by atoms with van der Waals surface area (Å²) in [5.74, 6) is 1.25. The normalized spacial score (nSPS) is 20.8. The molecule has 0 spiro atoms. The summed E-state index contributed by atoms with van der Waals surface area (Å²) in [5, 5.41) is 8.60. The smallest absolute Gasteiger partial charge is 0.317 e. The lowest BCUT2D eigenvalue weighted by Crippen LogP contribution is -2.51. The predicted molar refractivity (Wildman–Crippen MR) is 127 cm³/mol. The molecule has 10 heteroatoms. The van der Waals surface area contributed by atoms with E-state index in [1.54, 1.807) is 15.6 Å². The number of para-hydroxylation sites is 1. The Labute approximate surface area is 192 Å². The molecule has 5 heterocycles. The Kier molecular flexibility index (Phi) is 4.26. The van der Waals surface area contributed by atoms with Crippen LogP contribution in [0.5, 0.6) is 0 Å². The molecule has 1 aromatic carbocycles. The number of nitrogen functional groups attached to an aromatic ring is 1. The monoisotopic (exact) mass is 492 g/mol. The van der Waals surface area contributed by atoms with Crippen LogP contribution in [0.3, 0.4) is 0 Å². The first-order valence-electron chi connectivity index (χ1n) is 10.5. The molecule has 2 amide bonds. The number of likely N-dealkylation sites (N-methyl/N-ethyl adjacent to an activating group) is 1. The van der Waals surface area contributed by atoms with E-state index in [4.69, 9.17) is 10.7 Å². The number of benzene rings is 1. The lowest BCUT2D eigenvalue weighted by molar-refractivity contribution is 0.214. The fraction of sp³-hybridized carbons (Fsp3) is 0.273. The van der Waals surface area contributed by atoms with E-state index in [0.717, 1.165) is 40.8 Å². The third-order valence-corrected chi connectivity index (χ3v) is 7.28. The van der Waals surface area contributed by atoms with Crippen molar-refractivity contribution in [3.05, 3.63) is 47.2 Å². The number of fused-ring (bicyclic) bond motifs is 3. The third-order valence-electron chi connectivity index (χ3n) is 6.51. The van der Waals surface area contributed by atoms with Crippen LogP contribution < -0.4 is 16.0 Å². The number of piperidine rings is 1. The molecule has 6 rings (SSSR count). The fourth-order valence-electron chi connectivity index (χ4n) is 4.71. The van der Waals surface area contributed by atoms with Crippen molar-refractivity contribution in [1.29, 1.82) is 0 Å². The quantitative estimate of drug-likeness (QED) is 0.445. The maximum Gasteiger partial charge on any atom is 0.317 e. The number of hydrogen-bond donors (Lipinski definition) is 2. The van der Waals surface area contributed by atoms with Crippen molar-refractivity contribution in [2.75, 3.05) is 30.8 Å². The maximum absolute atomic E-state index is 12.1. The number of anilines is 2. The minimum absolute atomic E-state index is 0.0225. The first-order chi connectivity index (χ1) is 15.5. The summed E-state index contributed by atoms with van der Waals surface area (Å²) in [5.41, 5.74) is 9.88. The Hall–Kier alpha value is -3.40. The molecule has 2 saturated heterocycles. The molecule has 2 atom stereocenters. The molecule has 2 aliphatic heterocycles. The summed E-state index contributed by atoms with van der Waals surface area (Å²) < 4.78 is 2.35. The average molecular weight is 493 g/mol. The molecule has 4 aromatic rings. The van der Waals surface area contributed by atoms with E-state index in [-0.39, 0.29) is 18.1 Å². The second-order valence-corrected chi connectivity index (χ2v) is 9.11. The molecule has 2 aliphatic rings. The van der Waals surface area contributed by atoms with E-state index in [2.05, 4.69) is 42.3 Å². The molecule has 3 aromatic heterocycles. The number of nitrogens with zero attached hydrogens (tertiary/aromatic N) is 6. The molecule has 2 fully saturated rings. The van der Waals surface area contributed by atoms with Gasteiger partial charge in [0.05, 0.1) is 23.8 Å². The van der Waals surface area contributed by atoms with E-state index in [1.807, 2.05) is 37.5 Å². The molecule has 162 valence electrons.